The summed E-state index contributed by atoms with van der Waals surface area (Å²) in [6, 6.07) is 16.7. The average molecular weight is 336 g/mol. The Morgan fingerprint density at radius 1 is 0.960 bits per heavy atom. The number of rotatable bonds is 4. The molecule has 0 spiro atoms. The molecular formula is C20H14F2N2O. The van der Waals surface area contributed by atoms with Gasteiger partial charge in [-0.15, -0.1) is 0 Å². The van der Waals surface area contributed by atoms with Crippen LogP contribution in [0.4, 0.5) is 8.78 Å². The van der Waals surface area contributed by atoms with Crippen molar-refractivity contribution in [1.82, 2.24) is 9.71 Å². The largest absolute Gasteiger partial charge is 0.409 e. The highest BCUT2D eigenvalue weighted by Crippen LogP contribution is 2.26. The average Bonchev–Trinajstić information content (AvgIpc) is 3.05. The number of fused-ring (bicyclic) bond motifs is 1. The molecule has 0 bridgehead atoms. The summed E-state index contributed by atoms with van der Waals surface area (Å²) < 4.78 is 29.1. The summed E-state index contributed by atoms with van der Waals surface area (Å²) in [6.45, 7) is 0.392. The van der Waals surface area contributed by atoms with E-state index in [1.165, 1.54) is 6.20 Å². The highest BCUT2D eigenvalue weighted by molar-refractivity contribution is 5.81. The summed E-state index contributed by atoms with van der Waals surface area (Å²) in [5.41, 5.74) is 3.10. The van der Waals surface area contributed by atoms with E-state index in [2.05, 4.69) is 4.98 Å². The molecule has 0 atom stereocenters. The fourth-order valence-electron chi connectivity index (χ4n) is 2.68. The second kappa shape index (κ2) is 6.36. The van der Waals surface area contributed by atoms with E-state index in [-0.39, 0.29) is 5.56 Å². The van der Waals surface area contributed by atoms with E-state index < -0.39 is 11.6 Å². The summed E-state index contributed by atoms with van der Waals surface area (Å²) in [4.78, 5) is 10.1. The molecule has 2 heterocycles. The van der Waals surface area contributed by atoms with Crippen LogP contribution in [0.3, 0.4) is 0 Å². The lowest BCUT2D eigenvalue weighted by molar-refractivity contribution is 0.107. The Hall–Kier alpha value is -3.21. The van der Waals surface area contributed by atoms with Crippen molar-refractivity contribution in [2.75, 3.05) is 0 Å². The molecule has 5 heteroatoms. The van der Waals surface area contributed by atoms with E-state index in [0.29, 0.717) is 23.2 Å². The molecule has 4 rings (SSSR count). The van der Waals surface area contributed by atoms with Crippen LogP contribution in [-0.4, -0.2) is 9.71 Å². The summed E-state index contributed by atoms with van der Waals surface area (Å²) in [5.74, 6) is -0.988. The van der Waals surface area contributed by atoms with Crippen molar-refractivity contribution in [1.29, 1.82) is 0 Å². The minimum atomic E-state index is -0.495. The SMILES string of the molecule is Fc1ccc(F)c(-c2cnc3ccn(OCc4ccccc4)c3c2)c1. The number of benzene rings is 2. The summed E-state index contributed by atoms with van der Waals surface area (Å²) in [6.07, 6.45) is 3.29. The van der Waals surface area contributed by atoms with E-state index >= 15 is 0 Å². The van der Waals surface area contributed by atoms with Gasteiger partial charge in [-0.3, -0.25) is 4.98 Å². The topological polar surface area (TPSA) is 27.1 Å². The minimum absolute atomic E-state index is 0.171. The molecule has 0 fully saturated rings. The zero-order valence-corrected chi connectivity index (χ0v) is 13.2. The molecule has 0 saturated carbocycles. The van der Waals surface area contributed by atoms with Gasteiger partial charge in [-0.2, -0.15) is 4.73 Å². The Bertz CT molecular complexity index is 1030. The summed E-state index contributed by atoms with van der Waals surface area (Å²) in [5, 5.41) is 0. The first kappa shape index (κ1) is 15.3. The monoisotopic (exact) mass is 336 g/mol. The quantitative estimate of drug-likeness (QED) is 0.544. The fraction of sp³-hybridized carbons (Fsp3) is 0.0500. The zero-order valence-electron chi connectivity index (χ0n) is 13.2. The van der Waals surface area contributed by atoms with Crippen molar-refractivity contribution in [3.05, 3.63) is 90.3 Å². The molecule has 25 heavy (non-hydrogen) atoms. The predicted octanol–water partition coefficient (Wildman–Crippen LogP) is 4.61. The van der Waals surface area contributed by atoms with Gasteiger partial charge in [0.05, 0.1) is 5.52 Å². The highest BCUT2D eigenvalue weighted by atomic mass is 19.1. The Balaban J connectivity index is 1.69. The number of hydrogen-bond donors (Lipinski definition) is 0. The summed E-state index contributed by atoms with van der Waals surface area (Å²) >= 11 is 0. The van der Waals surface area contributed by atoms with Crippen LogP contribution in [0.25, 0.3) is 22.2 Å². The van der Waals surface area contributed by atoms with Crippen LogP contribution >= 0.6 is 0 Å². The first-order valence-electron chi connectivity index (χ1n) is 7.80. The van der Waals surface area contributed by atoms with Crippen LogP contribution in [0.2, 0.25) is 0 Å². The molecule has 0 unspecified atom stereocenters. The number of aromatic nitrogens is 2. The Labute approximate surface area is 143 Å². The van der Waals surface area contributed by atoms with E-state index in [1.54, 1.807) is 17.0 Å². The van der Waals surface area contributed by atoms with Crippen LogP contribution in [0.1, 0.15) is 5.56 Å². The van der Waals surface area contributed by atoms with E-state index in [9.17, 15) is 8.78 Å². The molecule has 0 aliphatic carbocycles. The van der Waals surface area contributed by atoms with Crippen LogP contribution in [0.5, 0.6) is 0 Å². The molecular weight excluding hydrogens is 322 g/mol. The molecule has 4 aromatic rings. The minimum Gasteiger partial charge on any atom is -0.409 e. The van der Waals surface area contributed by atoms with Crippen LogP contribution in [0.15, 0.2) is 73.1 Å². The maximum absolute atomic E-state index is 14.0. The van der Waals surface area contributed by atoms with Crippen LogP contribution < -0.4 is 4.84 Å². The van der Waals surface area contributed by atoms with Gasteiger partial charge in [-0.05, 0) is 35.9 Å². The molecule has 2 aromatic carbocycles. The van der Waals surface area contributed by atoms with Gasteiger partial charge in [0, 0.05) is 23.5 Å². The first-order chi connectivity index (χ1) is 12.2. The van der Waals surface area contributed by atoms with Gasteiger partial charge in [0.15, 0.2) is 0 Å². The third-order valence-electron chi connectivity index (χ3n) is 3.96. The molecule has 3 nitrogen and oxygen atoms in total. The standard InChI is InChI=1S/C20H14F2N2O/c21-16-6-7-18(22)17(11-16)15-10-20-19(23-12-15)8-9-24(20)25-13-14-4-2-1-3-5-14/h1-12H,13H2. The normalized spacial score (nSPS) is 11.0. The van der Waals surface area contributed by atoms with E-state index in [1.807, 2.05) is 36.4 Å². The molecule has 124 valence electrons. The highest BCUT2D eigenvalue weighted by Gasteiger charge is 2.10. The first-order valence-corrected chi connectivity index (χ1v) is 7.80. The number of pyridine rings is 1. The molecule has 0 N–H and O–H groups in total. The molecule has 0 radical (unpaired) electrons. The molecule has 2 aromatic heterocycles. The second-order valence-electron chi connectivity index (χ2n) is 5.65. The van der Waals surface area contributed by atoms with Gasteiger partial charge in [-0.25, -0.2) is 8.78 Å². The smallest absolute Gasteiger partial charge is 0.140 e. The van der Waals surface area contributed by atoms with Gasteiger partial charge in [0.2, 0.25) is 0 Å². The van der Waals surface area contributed by atoms with Crippen molar-refractivity contribution in [3.8, 4) is 11.1 Å². The van der Waals surface area contributed by atoms with Crippen molar-refractivity contribution in [2.45, 2.75) is 6.61 Å². The number of nitrogens with zero attached hydrogens (tertiary/aromatic N) is 2. The molecule has 0 aliphatic rings. The predicted molar refractivity (Wildman–Crippen MR) is 91.8 cm³/mol. The summed E-state index contributed by atoms with van der Waals surface area (Å²) in [7, 11) is 0. The third-order valence-corrected chi connectivity index (χ3v) is 3.96. The van der Waals surface area contributed by atoms with Crippen molar-refractivity contribution in [3.63, 3.8) is 0 Å². The lowest BCUT2D eigenvalue weighted by Crippen LogP contribution is -2.09. The van der Waals surface area contributed by atoms with Crippen molar-refractivity contribution < 1.29 is 13.6 Å². The Kier molecular flexibility index (Phi) is 3.90. The zero-order chi connectivity index (χ0) is 17.2. The van der Waals surface area contributed by atoms with Crippen molar-refractivity contribution >= 4 is 11.0 Å². The van der Waals surface area contributed by atoms with Crippen LogP contribution in [0, 0.1) is 11.6 Å². The fourth-order valence-corrected chi connectivity index (χ4v) is 2.68. The lowest BCUT2D eigenvalue weighted by atomic mass is 10.1. The maximum atomic E-state index is 14.0. The molecule has 0 amide bonds. The Morgan fingerprint density at radius 3 is 2.64 bits per heavy atom. The third kappa shape index (κ3) is 3.08. The second-order valence-corrected chi connectivity index (χ2v) is 5.65. The van der Waals surface area contributed by atoms with Crippen molar-refractivity contribution in [2.24, 2.45) is 0 Å². The number of halogens is 2. The van der Waals surface area contributed by atoms with Gasteiger partial charge in [0.1, 0.15) is 23.8 Å². The van der Waals surface area contributed by atoms with Crippen LogP contribution in [-0.2, 0) is 6.61 Å². The van der Waals surface area contributed by atoms with Gasteiger partial charge in [0.25, 0.3) is 0 Å². The lowest BCUT2D eigenvalue weighted by Gasteiger charge is -2.09. The Morgan fingerprint density at radius 2 is 1.80 bits per heavy atom. The van der Waals surface area contributed by atoms with Gasteiger partial charge in [-0.1, -0.05) is 30.3 Å². The molecule has 0 saturated heterocycles. The number of hydrogen-bond acceptors (Lipinski definition) is 2. The molecule has 0 aliphatic heterocycles. The maximum Gasteiger partial charge on any atom is 0.140 e. The van der Waals surface area contributed by atoms with Gasteiger partial charge < -0.3 is 4.84 Å². The van der Waals surface area contributed by atoms with E-state index in [0.717, 1.165) is 23.8 Å². The van der Waals surface area contributed by atoms with Gasteiger partial charge >= 0.3 is 0 Å². The van der Waals surface area contributed by atoms with E-state index in [4.69, 9.17) is 4.84 Å².